The Hall–Kier alpha value is -3.86. The van der Waals surface area contributed by atoms with E-state index in [4.69, 9.17) is 21.4 Å². The predicted molar refractivity (Wildman–Crippen MR) is 107 cm³/mol. The molecule has 3 N–H and O–H groups in total. The van der Waals surface area contributed by atoms with Crippen LogP contribution in [0.2, 0.25) is 5.02 Å². The van der Waals surface area contributed by atoms with Crippen LogP contribution in [0.15, 0.2) is 54.7 Å². The number of nitrogens with one attached hydrogen (secondary N) is 2. The van der Waals surface area contributed by atoms with Crippen LogP contribution in [0.25, 0.3) is 0 Å². The van der Waals surface area contributed by atoms with E-state index in [1.165, 1.54) is 24.4 Å². The van der Waals surface area contributed by atoms with Gasteiger partial charge < -0.3 is 20.5 Å². The van der Waals surface area contributed by atoms with Gasteiger partial charge in [0.15, 0.2) is 11.4 Å². The first-order valence-corrected chi connectivity index (χ1v) is 9.03. The largest absolute Gasteiger partial charge is 0.476 e. The van der Waals surface area contributed by atoms with E-state index >= 15 is 0 Å². The molecule has 7 nitrogen and oxygen atoms in total. The summed E-state index contributed by atoms with van der Waals surface area (Å²) in [5.41, 5.74) is -2.03. The third-order valence-electron chi connectivity index (χ3n) is 3.92. The van der Waals surface area contributed by atoms with Crippen LogP contribution in [0.3, 0.4) is 0 Å². The van der Waals surface area contributed by atoms with E-state index in [-0.39, 0.29) is 28.6 Å². The van der Waals surface area contributed by atoms with Gasteiger partial charge in [-0.1, -0.05) is 11.6 Å². The fraction of sp³-hybridized carbons (Fsp3) is 0.0500. The highest BCUT2D eigenvalue weighted by Gasteiger charge is 2.33. The number of aromatic carboxylic acids is 1. The Morgan fingerprint density at radius 1 is 1.06 bits per heavy atom. The molecule has 0 saturated heterocycles. The average molecular weight is 470 g/mol. The molecule has 2 amide bonds. The Kier molecular flexibility index (Phi) is 6.49. The molecule has 1 aromatic heterocycles. The molecule has 166 valence electrons. The zero-order chi connectivity index (χ0) is 23.5. The summed E-state index contributed by atoms with van der Waals surface area (Å²) in [5.74, 6) is -2.48. The van der Waals surface area contributed by atoms with E-state index in [0.717, 1.165) is 24.3 Å². The van der Waals surface area contributed by atoms with Gasteiger partial charge in [-0.25, -0.2) is 19.0 Å². The summed E-state index contributed by atoms with van der Waals surface area (Å²) >= 11 is 5.52. The van der Waals surface area contributed by atoms with Crippen molar-refractivity contribution in [1.82, 2.24) is 4.98 Å². The van der Waals surface area contributed by atoms with Gasteiger partial charge in [0.2, 0.25) is 0 Å². The van der Waals surface area contributed by atoms with E-state index < -0.39 is 34.6 Å². The Morgan fingerprint density at radius 3 is 2.47 bits per heavy atom. The van der Waals surface area contributed by atoms with Gasteiger partial charge >= 0.3 is 18.2 Å². The van der Waals surface area contributed by atoms with Crippen LogP contribution < -0.4 is 15.4 Å². The van der Waals surface area contributed by atoms with Crippen molar-refractivity contribution < 1.29 is 37.0 Å². The van der Waals surface area contributed by atoms with Crippen molar-refractivity contribution in [2.45, 2.75) is 6.18 Å². The summed E-state index contributed by atoms with van der Waals surface area (Å²) in [6.45, 7) is 0. The lowest BCUT2D eigenvalue weighted by molar-refractivity contribution is -0.137. The van der Waals surface area contributed by atoms with E-state index in [9.17, 15) is 27.2 Å². The third kappa shape index (κ3) is 5.43. The Morgan fingerprint density at radius 2 is 1.81 bits per heavy atom. The van der Waals surface area contributed by atoms with Crippen molar-refractivity contribution in [3.8, 4) is 11.5 Å². The second-order valence-corrected chi connectivity index (χ2v) is 6.58. The highest BCUT2D eigenvalue weighted by Crippen LogP contribution is 2.36. The zero-order valence-corrected chi connectivity index (χ0v) is 16.5. The fourth-order valence-corrected chi connectivity index (χ4v) is 2.75. The molecule has 0 atom stereocenters. The van der Waals surface area contributed by atoms with Gasteiger partial charge in [0.1, 0.15) is 11.6 Å². The highest BCUT2D eigenvalue weighted by molar-refractivity contribution is 6.31. The number of halogens is 5. The van der Waals surface area contributed by atoms with Gasteiger partial charge in [-0.05, 0) is 42.5 Å². The maximum atomic E-state index is 14.4. The van der Waals surface area contributed by atoms with Crippen LogP contribution in [-0.4, -0.2) is 22.1 Å². The summed E-state index contributed by atoms with van der Waals surface area (Å²) in [6, 6.07) is 7.78. The van der Waals surface area contributed by atoms with Crippen LogP contribution in [0, 0.1) is 5.82 Å². The number of anilines is 2. The number of carboxylic acids is 1. The molecule has 0 spiro atoms. The average Bonchev–Trinajstić information content (AvgIpc) is 2.71. The van der Waals surface area contributed by atoms with Crippen molar-refractivity contribution in [3.05, 3.63) is 76.8 Å². The second-order valence-electron chi connectivity index (χ2n) is 6.17. The minimum absolute atomic E-state index is 0.0727. The number of carbonyl (C=O) groups is 2. The number of carboxylic acid groups (broad SMARTS) is 1. The number of amides is 2. The van der Waals surface area contributed by atoms with Crippen LogP contribution in [0.5, 0.6) is 11.5 Å². The fourth-order valence-electron chi connectivity index (χ4n) is 2.53. The molecule has 2 aromatic carbocycles. The number of hydrogen-bond acceptors (Lipinski definition) is 4. The molecular weight excluding hydrogens is 458 g/mol. The molecule has 0 radical (unpaired) electrons. The van der Waals surface area contributed by atoms with Crippen LogP contribution >= 0.6 is 11.6 Å². The normalized spacial score (nSPS) is 11.0. The number of pyridine rings is 1. The summed E-state index contributed by atoms with van der Waals surface area (Å²) in [6.07, 6.45) is -3.47. The molecular formula is C20H12ClF4N3O4. The summed E-state index contributed by atoms with van der Waals surface area (Å²) in [5, 5.41) is 12.9. The lowest BCUT2D eigenvalue weighted by Gasteiger charge is -2.13. The molecule has 0 fully saturated rings. The summed E-state index contributed by atoms with van der Waals surface area (Å²) in [7, 11) is 0. The molecule has 1 heterocycles. The van der Waals surface area contributed by atoms with Gasteiger partial charge in [-0.2, -0.15) is 13.2 Å². The molecule has 32 heavy (non-hydrogen) atoms. The summed E-state index contributed by atoms with van der Waals surface area (Å²) < 4.78 is 58.5. The van der Waals surface area contributed by atoms with E-state index in [1.807, 2.05) is 0 Å². The number of alkyl halides is 3. The van der Waals surface area contributed by atoms with Crippen molar-refractivity contribution in [2.75, 3.05) is 10.6 Å². The molecule has 0 aliphatic carbocycles. The van der Waals surface area contributed by atoms with Crippen molar-refractivity contribution in [2.24, 2.45) is 0 Å². The van der Waals surface area contributed by atoms with Crippen molar-refractivity contribution in [1.29, 1.82) is 0 Å². The number of rotatable bonds is 5. The van der Waals surface area contributed by atoms with Gasteiger partial charge in [-0.3, -0.25) is 0 Å². The lowest BCUT2D eigenvalue weighted by atomic mass is 10.2. The first-order chi connectivity index (χ1) is 15.0. The zero-order valence-electron chi connectivity index (χ0n) is 15.7. The van der Waals surface area contributed by atoms with Gasteiger partial charge in [-0.15, -0.1) is 0 Å². The SMILES string of the molecule is O=C(Nc1ccc(Cl)c(C(F)(F)F)c1)Nc1ccc(Oc2cccnc2C(=O)O)cc1F. The Labute approximate surface area is 182 Å². The smallest absolute Gasteiger partial charge is 0.417 e. The number of hydrogen-bond donors (Lipinski definition) is 3. The van der Waals surface area contributed by atoms with E-state index in [1.54, 1.807) is 0 Å². The standard InChI is InChI=1S/C20H12ClF4N3O4/c21-13-5-3-10(8-12(13)20(23,24)25)27-19(31)28-15-6-4-11(9-14(15)22)32-16-2-1-7-26-17(16)18(29)30/h1-9H,(H,29,30)(H2,27,28,31). The Bertz CT molecular complexity index is 1190. The van der Waals surface area contributed by atoms with Gasteiger partial charge in [0.05, 0.1) is 16.3 Å². The molecule has 12 heteroatoms. The first-order valence-electron chi connectivity index (χ1n) is 8.65. The third-order valence-corrected chi connectivity index (χ3v) is 4.25. The number of aromatic nitrogens is 1. The van der Waals surface area contributed by atoms with Crippen molar-refractivity contribution >= 4 is 35.0 Å². The first kappa shape index (κ1) is 22.8. The predicted octanol–water partition coefficient (Wildman–Crippen LogP) is 6.03. The van der Waals surface area contributed by atoms with Gasteiger partial charge in [0.25, 0.3) is 0 Å². The molecule has 3 rings (SSSR count). The molecule has 0 aliphatic rings. The molecule has 0 unspecified atom stereocenters. The van der Waals surface area contributed by atoms with E-state index in [0.29, 0.717) is 6.07 Å². The number of urea groups is 1. The summed E-state index contributed by atoms with van der Waals surface area (Å²) in [4.78, 5) is 26.9. The van der Waals surface area contributed by atoms with Crippen LogP contribution in [-0.2, 0) is 6.18 Å². The number of benzene rings is 2. The number of nitrogens with zero attached hydrogens (tertiary/aromatic N) is 1. The molecule has 0 aliphatic heterocycles. The second kappa shape index (κ2) is 9.10. The Balaban J connectivity index is 1.71. The number of ether oxygens (including phenoxy) is 1. The maximum absolute atomic E-state index is 14.4. The van der Waals surface area contributed by atoms with E-state index in [2.05, 4.69) is 15.6 Å². The van der Waals surface area contributed by atoms with Crippen molar-refractivity contribution in [3.63, 3.8) is 0 Å². The molecule has 0 saturated carbocycles. The topological polar surface area (TPSA) is 101 Å². The minimum Gasteiger partial charge on any atom is -0.476 e. The maximum Gasteiger partial charge on any atom is 0.417 e. The lowest BCUT2D eigenvalue weighted by Crippen LogP contribution is -2.20. The van der Waals surface area contributed by atoms with Crippen LogP contribution in [0.1, 0.15) is 16.1 Å². The minimum atomic E-state index is -4.72. The van der Waals surface area contributed by atoms with Crippen LogP contribution in [0.4, 0.5) is 33.7 Å². The quantitative estimate of drug-likeness (QED) is 0.396. The molecule has 0 bridgehead atoms. The van der Waals surface area contributed by atoms with Gasteiger partial charge in [0, 0.05) is 18.0 Å². The highest BCUT2D eigenvalue weighted by atomic mass is 35.5. The number of carbonyl (C=O) groups excluding carboxylic acids is 1. The monoisotopic (exact) mass is 469 g/mol. The molecule has 3 aromatic rings.